The van der Waals surface area contributed by atoms with Gasteiger partial charge in [-0.2, -0.15) is 0 Å². The van der Waals surface area contributed by atoms with Crippen molar-refractivity contribution < 1.29 is 13.5 Å². The third kappa shape index (κ3) is 5.86. The van der Waals surface area contributed by atoms with Crippen LogP contribution in [0.3, 0.4) is 0 Å². The fourth-order valence-corrected chi connectivity index (χ4v) is 1.44. The predicted molar refractivity (Wildman–Crippen MR) is 76.1 cm³/mol. The third-order valence-corrected chi connectivity index (χ3v) is 2.45. The number of ether oxygens (including phenoxy) is 1. The van der Waals surface area contributed by atoms with Crippen molar-refractivity contribution in [1.82, 2.24) is 10.6 Å². The highest BCUT2D eigenvalue weighted by Crippen LogP contribution is 2.17. The number of nitrogens with zero attached hydrogens (tertiary/aromatic N) is 1. The van der Waals surface area contributed by atoms with Crippen molar-refractivity contribution in [3.63, 3.8) is 0 Å². The van der Waals surface area contributed by atoms with E-state index in [9.17, 15) is 8.78 Å². The van der Waals surface area contributed by atoms with Crippen LogP contribution in [-0.2, 0) is 0 Å². The Hall–Kier alpha value is -1.85. The predicted octanol–water partition coefficient (Wildman–Crippen LogP) is 2.16. The molecule has 0 aromatic heterocycles. The van der Waals surface area contributed by atoms with E-state index in [0.29, 0.717) is 18.4 Å². The molecular formula is C14H21F2N3O. The number of aliphatic imine (C=N–C) groups is 1. The average molecular weight is 285 g/mol. The maximum Gasteiger partial charge on any atom is 0.191 e. The first kappa shape index (κ1) is 16.2. The van der Waals surface area contributed by atoms with E-state index in [2.05, 4.69) is 29.5 Å². The Morgan fingerprint density at radius 3 is 2.65 bits per heavy atom. The third-order valence-electron chi connectivity index (χ3n) is 2.45. The maximum absolute atomic E-state index is 13.3. The molecule has 4 nitrogen and oxygen atoms in total. The standard InChI is InChI=1S/C14H21F2N3O/c1-10(2)9-19-14(17-3)18-6-7-20-13-5-4-11(15)8-12(13)16/h4-5,8,10H,6-7,9H2,1-3H3,(H2,17,18,19). The van der Waals surface area contributed by atoms with Crippen molar-refractivity contribution in [2.24, 2.45) is 10.9 Å². The summed E-state index contributed by atoms with van der Waals surface area (Å²) in [5.74, 6) is -0.100. The molecule has 2 N–H and O–H groups in total. The Morgan fingerprint density at radius 1 is 1.30 bits per heavy atom. The fraction of sp³-hybridized carbons (Fsp3) is 0.500. The van der Waals surface area contributed by atoms with Crippen LogP contribution in [0.25, 0.3) is 0 Å². The Labute approximate surface area is 118 Å². The van der Waals surface area contributed by atoms with Crippen molar-refractivity contribution in [1.29, 1.82) is 0 Å². The van der Waals surface area contributed by atoms with E-state index in [-0.39, 0.29) is 12.4 Å². The summed E-state index contributed by atoms with van der Waals surface area (Å²) in [5, 5.41) is 6.19. The minimum Gasteiger partial charge on any atom is -0.489 e. The van der Waals surface area contributed by atoms with Crippen molar-refractivity contribution >= 4 is 5.96 Å². The first-order valence-corrected chi connectivity index (χ1v) is 6.55. The summed E-state index contributed by atoms with van der Waals surface area (Å²) in [6.45, 7) is 5.73. The zero-order valence-electron chi connectivity index (χ0n) is 12.0. The van der Waals surface area contributed by atoms with Crippen LogP contribution in [0, 0.1) is 17.6 Å². The van der Waals surface area contributed by atoms with Gasteiger partial charge in [0.25, 0.3) is 0 Å². The molecule has 0 amide bonds. The van der Waals surface area contributed by atoms with Crippen molar-refractivity contribution in [2.45, 2.75) is 13.8 Å². The summed E-state index contributed by atoms with van der Waals surface area (Å²) in [6, 6.07) is 3.23. The summed E-state index contributed by atoms with van der Waals surface area (Å²) in [5.41, 5.74) is 0. The summed E-state index contributed by atoms with van der Waals surface area (Å²) >= 11 is 0. The molecule has 0 fully saturated rings. The van der Waals surface area contributed by atoms with Gasteiger partial charge in [0.2, 0.25) is 0 Å². The van der Waals surface area contributed by atoms with E-state index < -0.39 is 11.6 Å². The summed E-state index contributed by atoms with van der Waals surface area (Å²) in [6.07, 6.45) is 0. The molecule has 0 aliphatic heterocycles. The van der Waals surface area contributed by atoms with Crippen molar-refractivity contribution in [2.75, 3.05) is 26.7 Å². The van der Waals surface area contributed by atoms with Gasteiger partial charge in [0.05, 0.1) is 6.54 Å². The second-order valence-corrected chi connectivity index (χ2v) is 4.70. The molecule has 0 atom stereocenters. The molecule has 0 radical (unpaired) electrons. The second-order valence-electron chi connectivity index (χ2n) is 4.70. The molecule has 6 heteroatoms. The van der Waals surface area contributed by atoms with Gasteiger partial charge < -0.3 is 15.4 Å². The van der Waals surface area contributed by atoms with Gasteiger partial charge in [0.1, 0.15) is 12.4 Å². The number of halogens is 2. The minimum absolute atomic E-state index is 0.0401. The molecule has 1 rings (SSSR count). The molecule has 1 aromatic rings. The lowest BCUT2D eigenvalue weighted by molar-refractivity contribution is 0.304. The monoisotopic (exact) mass is 285 g/mol. The number of hydrogen-bond donors (Lipinski definition) is 2. The zero-order valence-corrected chi connectivity index (χ0v) is 12.0. The van der Waals surface area contributed by atoms with Gasteiger partial charge in [0.15, 0.2) is 17.5 Å². The van der Waals surface area contributed by atoms with Gasteiger partial charge in [-0.3, -0.25) is 4.99 Å². The van der Waals surface area contributed by atoms with Gasteiger partial charge in [-0.1, -0.05) is 13.8 Å². The summed E-state index contributed by atoms with van der Waals surface area (Å²) in [7, 11) is 1.68. The van der Waals surface area contributed by atoms with E-state index in [1.54, 1.807) is 7.05 Å². The van der Waals surface area contributed by atoms with Gasteiger partial charge in [-0.25, -0.2) is 8.78 Å². The first-order chi connectivity index (χ1) is 9.52. The van der Waals surface area contributed by atoms with E-state index in [0.717, 1.165) is 18.7 Å². The molecular weight excluding hydrogens is 264 g/mol. The lowest BCUT2D eigenvalue weighted by atomic mass is 10.2. The normalized spacial score (nSPS) is 11.6. The Balaban J connectivity index is 2.30. The minimum atomic E-state index is -0.702. The SMILES string of the molecule is CN=C(NCCOc1ccc(F)cc1F)NCC(C)C. The smallest absolute Gasteiger partial charge is 0.191 e. The number of benzene rings is 1. The van der Waals surface area contributed by atoms with Gasteiger partial charge >= 0.3 is 0 Å². The van der Waals surface area contributed by atoms with Crippen molar-refractivity contribution in [3.05, 3.63) is 29.8 Å². The Kier molecular flexibility index (Phi) is 6.76. The molecule has 1 aromatic carbocycles. The first-order valence-electron chi connectivity index (χ1n) is 6.55. The van der Waals surface area contributed by atoms with Crippen LogP contribution < -0.4 is 15.4 Å². The van der Waals surface area contributed by atoms with E-state index in [1.165, 1.54) is 6.07 Å². The molecule has 0 unspecified atom stereocenters. The Morgan fingerprint density at radius 2 is 2.05 bits per heavy atom. The second kappa shape index (κ2) is 8.35. The molecule has 0 heterocycles. The van der Waals surface area contributed by atoms with Crippen LogP contribution in [0.5, 0.6) is 5.75 Å². The van der Waals surface area contributed by atoms with Crippen LogP contribution >= 0.6 is 0 Å². The van der Waals surface area contributed by atoms with Crippen LogP contribution in [-0.4, -0.2) is 32.7 Å². The highest BCUT2D eigenvalue weighted by atomic mass is 19.1. The molecule has 0 spiro atoms. The highest BCUT2D eigenvalue weighted by Gasteiger charge is 2.04. The number of rotatable bonds is 6. The zero-order chi connectivity index (χ0) is 15.0. The quantitative estimate of drug-likeness (QED) is 0.478. The number of guanidine groups is 1. The molecule has 112 valence electrons. The van der Waals surface area contributed by atoms with Crippen LogP contribution in [0.2, 0.25) is 0 Å². The fourth-order valence-electron chi connectivity index (χ4n) is 1.44. The summed E-state index contributed by atoms with van der Waals surface area (Å²) < 4.78 is 31.2. The van der Waals surface area contributed by atoms with E-state index in [4.69, 9.17) is 4.74 Å². The van der Waals surface area contributed by atoms with Crippen molar-refractivity contribution in [3.8, 4) is 5.75 Å². The van der Waals surface area contributed by atoms with E-state index >= 15 is 0 Å². The molecule has 0 saturated carbocycles. The topological polar surface area (TPSA) is 45.7 Å². The van der Waals surface area contributed by atoms with Gasteiger partial charge in [-0.05, 0) is 18.1 Å². The lowest BCUT2D eigenvalue weighted by Crippen LogP contribution is -2.40. The lowest BCUT2D eigenvalue weighted by Gasteiger charge is -2.14. The molecule has 0 aliphatic rings. The molecule has 0 bridgehead atoms. The molecule has 0 saturated heterocycles. The maximum atomic E-state index is 13.3. The summed E-state index contributed by atoms with van der Waals surface area (Å²) in [4.78, 5) is 4.05. The molecule has 20 heavy (non-hydrogen) atoms. The van der Waals surface area contributed by atoms with E-state index in [1.807, 2.05) is 0 Å². The Bertz CT molecular complexity index is 450. The number of hydrogen-bond acceptors (Lipinski definition) is 2. The number of nitrogens with one attached hydrogen (secondary N) is 2. The van der Waals surface area contributed by atoms with Crippen LogP contribution in [0.15, 0.2) is 23.2 Å². The van der Waals surface area contributed by atoms with Crippen LogP contribution in [0.4, 0.5) is 8.78 Å². The van der Waals surface area contributed by atoms with Crippen LogP contribution in [0.1, 0.15) is 13.8 Å². The molecule has 0 aliphatic carbocycles. The van der Waals surface area contributed by atoms with Gasteiger partial charge in [0, 0.05) is 19.7 Å². The van der Waals surface area contributed by atoms with Gasteiger partial charge in [-0.15, -0.1) is 0 Å². The average Bonchev–Trinajstić information content (AvgIpc) is 2.39. The highest BCUT2D eigenvalue weighted by molar-refractivity contribution is 5.79. The largest absolute Gasteiger partial charge is 0.489 e.